The Bertz CT molecular complexity index is 1970. The Labute approximate surface area is 296 Å². The number of amides is 2. The van der Waals surface area contributed by atoms with Gasteiger partial charge in [0.15, 0.2) is 0 Å². The van der Waals surface area contributed by atoms with Crippen LogP contribution in [0.25, 0.3) is 17.0 Å². The Kier molecular flexibility index (Phi) is 12.8. The number of aromatic amines is 1. The van der Waals surface area contributed by atoms with E-state index < -0.39 is 42.1 Å². The number of nitrogens with one attached hydrogen (secondary N) is 3. The number of ether oxygens (including phenoxy) is 2. The standard InChI is InChI=1S/C41H41N3O7/c1-50-34-19-17-28(18-20-34)11-7-13-31(25-38(45)46)39(47)44-37(24-33-26-43-36-16-6-5-15-35(33)36)40(48)42-22-21-29-12-8-14-32(23-29)41(49)51-27-30-9-3-2-4-10-30/h2-12,14-20,23,26,31,37,43H,13,21-22,24-25,27H2,1H3,(H,42,48)(H,44,47)(H,45,46)/b11-7+/t31-,37+/m1/s1. The summed E-state index contributed by atoms with van der Waals surface area (Å²) in [5, 5.41) is 16.3. The molecule has 0 radical (unpaired) electrons. The molecule has 10 heteroatoms. The highest BCUT2D eigenvalue weighted by atomic mass is 16.5. The summed E-state index contributed by atoms with van der Waals surface area (Å²) in [7, 11) is 1.58. The van der Waals surface area contributed by atoms with Crippen LogP contribution in [0.3, 0.4) is 0 Å². The van der Waals surface area contributed by atoms with Crippen molar-refractivity contribution in [3.63, 3.8) is 0 Å². The number of benzene rings is 4. The molecule has 1 heterocycles. The smallest absolute Gasteiger partial charge is 0.338 e. The number of aromatic nitrogens is 1. The highest BCUT2D eigenvalue weighted by molar-refractivity contribution is 5.91. The highest BCUT2D eigenvalue weighted by Crippen LogP contribution is 2.21. The lowest BCUT2D eigenvalue weighted by molar-refractivity contribution is -0.141. The molecule has 0 unspecified atom stereocenters. The van der Waals surface area contributed by atoms with Crippen LogP contribution in [-0.2, 0) is 38.6 Å². The molecule has 10 nitrogen and oxygen atoms in total. The van der Waals surface area contributed by atoms with Crippen molar-refractivity contribution in [3.8, 4) is 5.75 Å². The number of aliphatic carboxylic acids is 1. The van der Waals surface area contributed by atoms with E-state index in [1.807, 2.05) is 97.2 Å². The Balaban J connectivity index is 1.24. The van der Waals surface area contributed by atoms with E-state index in [-0.39, 0.29) is 26.0 Å². The van der Waals surface area contributed by atoms with E-state index >= 15 is 0 Å². The fraction of sp³-hybridized carbons (Fsp3) is 0.220. The number of carboxylic acid groups (broad SMARTS) is 1. The van der Waals surface area contributed by atoms with E-state index in [1.165, 1.54) is 0 Å². The largest absolute Gasteiger partial charge is 0.497 e. The molecule has 0 aliphatic rings. The molecule has 262 valence electrons. The Morgan fingerprint density at radius 1 is 0.863 bits per heavy atom. The second kappa shape index (κ2) is 18.0. The minimum atomic E-state index is -1.11. The first kappa shape index (κ1) is 36.1. The first-order chi connectivity index (χ1) is 24.8. The van der Waals surface area contributed by atoms with Crippen LogP contribution in [0, 0.1) is 5.92 Å². The zero-order valence-corrected chi connectivity index (χ0v) is 28.3. The Hall–Kier alpha value is -6.16. The van der Waals surface area contributed by atoms with Gasteiger partial charge in [-0.1, -0.05) is 84.9 Å². The van der Waals surface area contributed by atoms with Crippen molar-refractivity contribution in [3.05, 3.63) is 143 Å². The van der Waals surface area contributed by atoms with E-state index in [0.717, 1.165) is 33.2 Å². The van der Waals surface area contributed by atoms with Crippen molar-refractivity contribution >= 4 is 40.7 Å². The number of fused-ring (bicyclic) bond motifs is 1. The molecule has 0 saturated carbocycles. The number of allylic oxidation sites excluding steroid dienone is 1. The van der Waals surface area contributed by atoms with E-state index in [0.29, 0.717) is 17.7 Å². The average molecular weight is 688 g/mol. The number of hydrogen-bond acceptors (Lipinski definition) is 6. The van der Waals surface area contributed by atoms with Gasteiger partial charge >= 0.3 is 11.9 Å². The number of carbonyl (C=O) groups is 4. The number of esters is 1. The molecule has 0 bridgehead atoms. The third-order valence-corrected chi connectivity index (χ3v) is 8.46. The Morgan fingerprint density at radius 2 is 1.61 bits per heavy atom. The third kappa shape index (κ3) is 10.7. The molecule has 5 rings (SSSR count). The first-order valence-electron chi connectivity index (χ1n) is 16.7. The number of H-pyrrole nitrogens is 1. The lowest BCUT2D eigenvalue weighted by Crippen LogP contribution is -2.50. The van der Waals surface area contributed by atoms with E-state index in [4.69, 9.17) is 9.47 Å². The summed E-state index contributed by atoms with van der Waals surface area (Å²) in [6.07, 6.45) is 5.76. The fourth-order valence-electron chi connectivity index (χ4n) is 5.71. The van der Waals surface area contributed by atoms with Gasteiger partial charge in [0, 0.05) is 30.1 Å². The van der Waals surface area contributed by atoms with Crippen molar-refractivity contribution < 1.29 is 33.8 Å². The van der Waals surface area contributed by atoms with Crippen molar-refractivity contribution in [2.75, 3.05) is 13.7 Å². The average Bonchev–Trinajstić information content (AvgIpc) is 3.56. The van der Waals surface area contributed by atoms with Gasteiger partial charge in [-0.15, -0.1) is 0 Å². The lowest BCUT2D eigenvalue weighted by atomic mass is 9.97. The maximum Gasteiger partial charge on any atom is 0.338 e. The monoisotopic (exact) mass is 687 g/mol. The minimum absolute atomic E-state index is 0.162. The molecular weight excluding hydrogens is 646 g/mol. The molecule has 0 aliphatic carbocycles. The molecule has 0 saturated heterocycles. The summed E-state index contributed by atoms with van der Waals surface area (Å²) in [6, 6.07) is 30.5. The van der Waals surface area contributed by atoms with Crippen molar-refractivity contribution in [1.82, 2.24) is 15.6 Å². The molecule has 0 spiro atoms. The molecule has 0 aliphatic heterocycles. The summed E-state index contributed by atoms with van der Waals surface area (Å²) < 4.78 is 10.7. The number of rotatable bonds is 17. The molecule has 4 aromatic carbocycles. The quantitative estimate of drug-likeness (QED) is 0.0863. The van der Waals surface area contributed by atoms with E-state index in [2.05, 4.69) is 15.6 Å². The van der Waals surface area contributed by atoms with Gasteiger partial charge in [-0.05, 0) is 65.4 Å². The van der Waals surface area contributed by atoms with Gasteiger partial charge in [-0.3, -0.25) is 14.4 Å². The maximum absolute atomic E-state index is 13.7. The molecule has 51 heavy (non-hydrogen) atoms. The van der Waals surface area contributed by atoms with Gasteiger partial charge in [0.05, 0.1) is 25.0 Å². The van der Waals surface area contributed by atoms with Gasteiger partial charge < -0.3 is 30.2 Å². The molecule has 0 fully saturated rings. The number of para-hydroxylation sites is 1. The molecule has 5 aromatic rings. The number of methoxy groups -OCH3 is 1. The normalized spacial score (nSPS) is 12.3. The van der Waals surface area contributed by atoms with Crippen molar-refractivity contribution in [1.29, 1.82) is 0 Å². The second-order valence-electron chi connectivity index (χ2n) is 12.1. The van der Waals surface area contributed by atoms with E-state index in [1.54, 1.807) is 31.4 Å². The summed E-state index contributed by atoms with van der Waals surface area (Å²) in [6.45, 7) is 0.403. The summed E-state index contributed by atoms with van der Waals surface area (Å²) in [4.78, 5) is 54.9. The molecule has 2 atom stereocenters. The lowest BCUT2D eigenvalue weighted by Gasteiger charge is -2.21. The van der Waals surface area contributed by atoms with Gasteiger partial charge in [0.1, 0.15) is 18.4 Å². The van der Waals surface area contributed by atoms with Crippen LogP contribution in [-0.4, -0.2) is 53.5 Å². The van der Waals surface area contributed by atoms with Gasteiger partial charge in [0.25, 0.3) is 0 Å². The summed E-state index contributed by atoms with van der Waals surface area (Å²) in [5.74, 6) is -2.69. The Morgan fingerprint density at radius 3 is 2.37 bits per heavy atom. The topological polar surface area (TPSA) is 147 Å². The second-order valence-corrected chi connectivity index (χ2v) is 12.1. The predicted octanol–water partition coefficient (Wildman–Crippen LogP) is 6.11. The van der Waals surface area contributed by atoms with Crippen LogP contribution in [0.4, 0.5) is 0 Å². The van der Waals surface area contributed by atoms with Crippen LogP contribution in [0.1, 0.15) is 45.5 Å². The van der Waals surface area contributed by atoms with Crippen LogP contribution >= 0.6 is 0 Å². The molecule has 1 aromatic heterocycles. The third-order valence-electron chi connectivity index (χ3n) is 8.46. The van der Waals surface area contributed by atoms with Gasteiger partial charge in [-0.2, -0.15) is 0 Å². The van der Waals surface area contributed by atoms with Crippen LogP contribution in [0.2, 0.25) is 0 Å². The van der Waals surface area contributed by atoms with Gasteiger partial charge in [-0.25, -0.2) is 4.79 Å². The van der Waals surface area contributed by atoms with Crippen molar-refractivity contribution in [2.24, 2.45) is 5.92 Å². The van der Waals surface area contributed by atoms with Crippen LogP contribution in [0.5, 0.6) is 5.75 Å². The SMILES string of the molecule is COc1ccc(/C=C/C[C@H](CC(=O)O)C(=O)N[C@@H](Cc2c[nH]c3ccccc23)C(=O)NCCc2cccc(C(=O)OCc3ccccc3)c2)cc1. The maximum atomic E-state index is 13.7. The van der Waals surface area contributed by atoms with Crippen LogP contribution in [0.15, 0.2) is 115 Å². The highest BCUT2D eigenvalue weighted by Gasteiger charge is 2.27. The number of carboxylic acids is 1. The van der Waals surface area contributed by atoms with Crippen LogP contribution < -0.4 is 15.4 Å². The summed E-state index contributed by atoms with van der Waals surface area (Å²) in [5.41, 5.74) is 4.72. The minimum Gasteiger partial charge on any atom is -0.497 e. The fourth-order valence-corrected chi connectivity index (χ4v) is 5.71. The number of hydrogen-bond donors (Lipinski definition) is 4. The number of carbonyl (C=O) groups excluding carboxylic acids is 3. The van der Waals surface area contributed by atoms with Crippen molar-refractivity contribution in [2.45, 2.75) is 38.3 Å². The molecular formula is C41H41N3O7. The zero-order chi connectivity index (χ0) is 36.0. The molecule has 4 N–H and O–H groups in total. The predicted molar refractivity (Wildman–Crippen MR) is 195 cm³/mol. The molecule has 2 amide bonds. The van der Waals surface area contributed by atoms with E-state index in [9.17, 15) is 24.3 Å². The van der Waals surface area contributed by atoms with Gasteiger partial charge in [0.2, 0.25) is 11.8 Å². The zero-order valence-electron chi connectivity index (χ0n) is 28.3. The summed E-state index contributed by atoms with van der Waals surface area (Å²) >= 11 is 0. The first-order valence-corrected chi connectivity index (χ1v) is 16.7.